The van der Waals surface area contributed by atoms with Crippen LogP contribution in [0.4, 0.5) is 5.69 Å². The molecule has 0 aliphatic heterocycles. The Morgan fingerprint density at radius 2 is 2.12 bits per heavy atom. The maximum absolute atomic E-state index is 12.6. The van der Waals surface area contributed by atoms with Crippen molar-refractivity contribution in [2.45, 2.75) is 32.6 Å². The molecule has 1 aliphatic carbocycles. The molecule has 0 aromatic carbocycles. The first-order chi connectivity index (χ1) is 11.5. The molecule has 7 heteroatoms. The minimum Gasteiger partial charge on any atom is -0.370 e. The van der Waals surface area contributed by atoms with Crippen molar-refractivity contribution < 1.29 is 4.79 Å². The number of nitrogens with zero attached hydrogens (tertiary/aromatic N) is 2. The minimum atomic E-state index is 0.0435. The SMILES string of the molecule is Cc1cnc2[nH]ccc2c1NC(=O)C1CCC(CN=C(N)N)CC1. The molecular weight excluding hydrogens is 304 g/mol. The Kier molecular flexibility index (Phi) is 4.69. The molecule has 1 amide bonds. The second-order valence-corrected chi connectivity index (χ2v) is 6.53. The van der Waals surface area contributed by atoms with Crippen molar-refractivity contribution in [3.8, 4) is 0 Å². The quantitative estimate of drug-likeness (QED) is 0.505. The average molecular weight is 328 g/mol. The maximum atomic E-state index is 12.6. The molecule has 1 saturated carbocycles. The summed E-state index contributed by atoms with van der Waals surface area (Å²) >= 11 is 0. The monoisotopic (exact) mass is 328 g/mol. The maximum Gasteiger partial charge on any atom is 0.227 e. The lowest BCUT2D eigenvalue weighted by atomic mass is 9.81. The smallest absolute Gasteiger partial charge is 0.227 e. The van der Waals surface area contributed by atoms with Crippen LogP contribution in [0.1, 0.15) is 31.2 Å². The molecular formula is C17H24N6O. The van der Waals surface area contributed by atoms with Gasteiger partial charge in [-0.3, -0.25) is 9.79 Å². The zero-order valence-electron chi connectivity index (χ0n) is 13.9. The van der Waals surface area contributed by atoms with Crippen LogP contribution in [0.2, 0.25) is 0 Å². The van der Waals surface area contributed by atoms with E-state index < -0.39 is 0 Å². The standard InChI is InChI=1S/C17H24N6O/c1-10-8-21-15-13(6-7-20-15)14(10)23-16(24)12-4-2-11(3-5-12)9-22-17(18)19/h6-8,11-12H,2-5,9H2,1H3,(H4,18,19,22)(H2,20,21,23,24). The van der Waals surface area contributed by atoms with Crippen LogP contribution < -0.4 is 16.8 Å². The van der Waals surface area contributed by atoms with E-state index in [4.69, 9.17) is 11.5 Å². The van der Waals surface area contributed by atoms with E-state index in [0.717, 1.165) is 48.0 Å². The number of amides is 1. The largest absolute Gasteiger partial charge is 0.370 e. The van der Waals surface area contributed by atoms with Gasteiger partial charge in [-0.05, 0) is 50.2 Å². The van der Waals surface area contributed by atoms with E-state index in [-0.39, 0.29) is 17.8 Å². The van der Waals surface area contributed by atoms with Crippen LogP contribution in [-0.4, -0.2) is 28.4 Å². The van der Waals surface area contributed by atoms with Crippen molar-refractivity contribution in [2.24, 2.45) is 28.3 Å². The third-order valence-electron chi connectivity index (χ3n) is 4.77. The van der Waals surface area contributed by atoms with Crippen molar-refractivity contribution in [1.82, 2.24) is 9.97 Å². The predicted molar refractivity (Wildman–Crippen MR) is 95.6 cm³/mol. The van der Waals surface area contributed by atoms with Gasteiger partial charge in [-0.25, -0.2) is 4.98 Å². The predicted octanol–water partition coefficient (Wildman–Crippen LogP) is 1.89. The molecule has 0 bridgehead atoms. The lowest BCUT2D eigenvalue weighted by molar-refractivity contribution is -0.121. The van der Waals surface area contributed by atoms with Gasteiger partial charge < -0.3 is 21.8 Å². The Hall–Kier alpha value is -2.57. The molecule has 0 spiro atoms. The average Bonchev–Trinajstić information content (AvgIpc) is 3.05. The molecule has 0 radical (unpaired) electrons. The van der Waals surface area contributed by atoms with Gasteiger partial charge in [-0.1, -0.05) is 0 Å². The van der Waals surface area contributed by atoms with E-state index in [9.17, 15) is 4.79 Å². The Bertz CT molecular complexity index is 754. The number of pyridine rings is 1. The van der Waals surface area contributed by atoms with Gasteiger partial charge in [0, 0.05) is 30.2 Å². The van der Waals surface area contributed by atoms with Gasteiger partial charge in [-0.15, -0.1) is 0 Å². The summed E-state index contributed by atoms with van der Waals surface area (Å²) in [4.78, 5) is 24.1. The molecule has 0 atom stereocenters. The van der Waals surface area contributed by atoms with Crippen LogP contribution in [0.15, 0.2) is 23.5 Å². The Morgan fingerprint density at radius 1 is 1.38 bits per heavy atom. The zero-order valence-corrected chi connectivity index (χ0v) is 13.9. The van der Waals surface area contributed by atoms with Crippen molar-refractivity contribution in [3.63, 3.8) is 0 Å². The fourth-order valence-corrected chi connectivity index (χ4v) is 3.34. The molecule has 2 aromatic rings. The third-order valence-corrected chi connectivity index (χ3v) is 4.77. The van der Waals surface area contributed by atoms with E-state index in [1.807, 2.05) is 19.2 Å². The van der Waals surface area contributed by atoms with Crippen molar-refractivity contribution in [2.75, 3.05) is 11.9 Å². The summed E-state index contributed by atoms with van der Waals surface area (Å²) in [5, 5.41) is 4.06. The molecule has 6 N–H and O–H groups in total. The van der Waals surface area contributed by atoms with Gasteiger partial charge in [0.1, 0.15) is 5.65 Å². The van der Waals surface area contributed by atoms with Gasteiger partial charge >= 0.3 is 0 Å². The first-order valence-electron chi connectivity index (χ1n) is 8.33. The van der Waals surface area contributed by atoms with Crippen molar-refractivity contribution >= 4 is 28.6 Å². The van der Waals surface area contributed by atoms with Gasteiger partial charge in [0.05, 0.1) is 5.69 Å². The Labute approximate surface area is 140 Å². The van der Waals surface area contributed by atoms with Crippen LogP contribution in [0, 0.1) is 18.8 Å². The van der Waals surface area contributed by atoms with E-state index in [1.54, 1.807) is 6.20 Å². The molecule has 2 aromatic heterocycles. The van der Waals surface area contributed by atoms with Gasteiger partial charge in [0.2, 0.25) is 5.91 Å². The van der Waals surface area contributed by atoms with Crippen LogP contribution in [0.25, 0.3) is 11.0 Å². The number of fused-ring (bicyclic) bond motifs is 1. The number of carbonyl (C=O) groups excluding carboxylic acids is 1. The molecule has 128 valence electrons. The highest BCUT2D eigenvalue weighted by Gasteiger charge is 2.26. The summed E-state index contributed by atoms with van der Waals surface area (Å²) in [5.74, 6) is 0.739. The van der Waals surface area contributed by atoms with Crippen LogP contribution >= 0.6 is 0 Å². The summed E-state index contributed by atoms with van der Waals surface area (Å²) in [6, 6.07) is 1.94. The highest BCUT2D eigenvalue weighted by atomic mass is 16.1. The number of H-pyrrole nitrogens is 1. The number of anilines is 1. The number of aryl methyl sites for hydroxylation is 1. The number of aromatic nitrogens is 2. The molecule has 7 nitrogen and oxygen atoms in total. The summed E-state index contributed by atoms with van der Waals surface area (Å²) in [6.45, 7) is 2.62. The Balaban J connectivity index is 1.63. The van der Waals surface area contributed by atoms with Crippen LogP contribution in [-0.2, 0) is 4.79 Å². The first kappa shape index (κ1) is 16.3. The van der Waals surface area contributed by atoms with E-state index >= 15 is 0 Å². The van der Waals surface area contributed by atoms with Gasteiger partial charge in [-0.2, -0.15) is 0 Å². The molecule has 24 heavy (non-hydrogen) atoms. The molecule has 2 heterocycles. The van der Waals surface area contributed by atoms with Crippen LogP contribution in [0.5, 0.6) is 0 Å². The van der Waals surface area contributed by atoms with E-state index in [1.165, 1.54) is 0 Å². The number of hydrogen-bond acceptors (Lipinski definition) is 3. The third kappa shape index (κ3) is 3.50. The van der Waals surface area contributed by atoms with Gasteiger partial charge in [0.25, 0.3) is 0 Å². The lowest BCUT2D eigenvalue weighted by Gasteiger charge is -2.27. The zero-order chi connectivity index (χ0) is 17.1. The molecule has 3 rings (SSSR count). The lowest BCUT2D eigenvalue weighted by Crippen LogP contribution is -2.29. The second kappa shape index (κ2) is 6.90. The topological polar surface area (TPSA) is 122 Å². The number of rotatable bonds is 4. The van der Waals surface area contributed by atoms with Gasteiger partial charge in [0.15, 0.2) is 5.96 Å². The number of guanidine groups is 1. The minimum absolute atomic E-state index is 0.0435. The number of aromatic amines is 1. The molecule has 1 fully saturated rings. The number of nitrogens with two attached hydrogens (primary N) is 2. The highest BCUT2D eigenvalue weighted by Crippen LogP contribution is 2.31. The Morgan fingerprint density at radius 3 is 2.83 bits per heavy atom. The van der Waals surface area contributed by atoms with E-state index in [0.29, 0.717) is 12.5 Å². The number of hydrogen-bond donors (Lipinski definition) is 4. The van der Waals surface area contributed by atoms with Crippen molar-refractivity contribution in [1.29, 1.82) is 0 Å². The first-order valence-corrected chi connectivity index (χ1v) is 8.33. The number of nitrogens with one attached hydrogen (secondary N) is 2. The summed E-state index contributed by atoms with van der Waals surface area (Å²) in [7, 11) is 0. The number of carbonyl (C=O) groups is 1. The summed E-state index contributed by atoms with van der Waals surface area (Å²) < 4.78 is 0. The normalized spacial score (nSPS) is 20.7. The molecule has 0 saturated heterocycles. The highest BCUT2D eigenvalue weighted by molar-refractivity contribution is 6.02. The fraction of sp³-hybridized carbons (Fsp3) is 0.471. The summed E-state index contributed by atoms with van der Waals surface area (Å²) in [6.07, 6.45) is 7.31. The van der Waals surface area contributed by atoms with E-state index in [2.05, 4.69) is 20.3 Å². The molecule has 0 unspecified atom stereocenters. The fourth-order valence-electron chi connectivity index (χ4n) is 3.34. The number of aliphatic imine (C=N–C) groups is 1. The second-order valence-electron chi connectivity index (χ2n) is 6.53. The summed E-state index contributed by atoms with van der Waals surface area (Å²) in [5.41, 5.74) is 13.4. The molecule has 1 aliphatic rings. The van der Waals surface area contributed by atoms with Crippen molar-refractivity contribution in [3.05, 3.63) is 24.0 Å². The van der Waals surface area contributed by atoms with Crippen LogP contribution in [0.3, 0.4) is 0 Å².